The van der Waals surface area contributed by atoms with Gasteiger partial charge in [-0.15, -0.1) is 0 Å². The Labute approximate surface area is 206 Å². The number of benzene rings is 2. The van der Waals surface area contributed by atoms with Gasteiger partial charge in [-0.05, 0) is 63.0 Å². The SMILES string of the molecule is CCOC(=O)CCc1cc(Cc2cc(C(C)(C)C)cc(C(C)(C)C)c2O)c(O)c(C(C)(C)C)c1. The molecular weight excluding hydrogens is 424 g/mol. The van der Waals surface area contributed by atoms with Gasteiger partial charge in [0, 0.05) is 12.8 Å². The van der Waals surface area contributed by atoms with Crippen LogP contribution in [0.15, 0.2) is 24.3 Å². The fraction of sp³-hybridized carbons (Fsp3) is 0.567. The molecule has 4 heteroatoms. The average molecular weight is 469 g/mol. The number of rotatable bonds is 6. The molecule has 0 saturated heterocycles. The van der Waals surface area contributed by atoms with Crippen LogP contribution in [0, 0.1) is 0 Å². The Hall–Kier alpha value is -2.49. The number of hydrogen-bond donors (Lipinski definition) is 2. The molecule has 0 aliphatic carbocycles. The number of phenols is 2. The average Bonchev–Trinajstić information content (AvgIpc) is 2.67. The smallest absolute Gasteiger partial charge is 0.306 e. The summed E-state index contributed by atoms with van der Waals surface area (Å²) in [4.78, 5) is 11.9. The summed E-state index contributed by atoms with van der Waals surface area (Å²) in [6.07, 6.45) is 1.23. The highest BCUT2D eigenvalue weighted by Gasteiger charge is 2.27. The molecule has 0 amide bonds. The van der Waals surface area contributed by atoms with Gasteiger partial charge < -0.3 is 14.9 Å². The Kier molecular flexibility index (Phi) is 8.17. The second-order valence-electron chi connectivity index (χ2n) is 12.4. The summed E-state index contributed by atoms with van der Waals surface area (Å²) in [6.45, 7) is 21.2. The highest BCUT2D eigenvalue weighted by molar-refractivity contribution is 5.69. The van der Waals surface area contributed by atoms with Crippen LogP contribution in [0.4, 0.5) is 0 Å². The van der Waals surface area contributed by atoms with Gasteiger partial charge >= 0.3 is 5.97 Å². The van der Waals surface area contributed by atoms with Crippen molar-refractivity contribution in [3.05, 3.63) is 57.6 Å². The number of aromatic hydroxyl groups is 2. The first-order valence-corrected chi connectivity index (χ1v) is 12.3. The van der Waals surface area contributed by atoms with Gasteiger partial charge in [0.15, 0.2) is 0 Å². The molecule has 0 aromatic heterocycles. The first-order chi connectivity index (χ1) is 15.4. The lowest BCUT2D eigenvalue weighted by molar-refractivity contribution is -0.143. The Morgan fingerprint density at radius 3 is 1.74 bits per heavy atom. The highest BCUT2D eigenvalue weighted by atomic mass is 16.5. The molecule has 2 rings (SSSR count). The molecule has 0 fully saturated rings. The van der Waals surface area contributed by atoms with Gasteiger partial charge in [0.05, 0.1) is 6.61 Å². The van der Waals surface area contributed by atoms with Crippen molar-refractivity contribution in [3.63, 3.8) is 0 Å². The monoisotopic (exact) mass is 468 g/mol. The van der Waals surface area contributed by atoms with Crippen LogP contribution in [0.1, 0.15) is 109 Å². The number of carbonyl (C=O) groups is 1. The lowest BCUT2D eigenvalue weighted by Crippen LogP contribution is -2.18. The standard InChI is InChI=1S/C30H44O4/c1-11-34-25(31)13-12-19-14-20(26(32)23(15-19)29(5,6)7)16-21-17-22(28(2,3)4)18-24(27(21)33)30(8,9)10/h14-15,17-18,32-33H,11-13,16H2,1-10H3. The van der Waals surface area contributed by atoms with Gasteiger partial charge in [-0.3, -0.25) is 4.79 Å². The Morgan fingerprint density at radius 2 is 1.26 bits per heavy atom. The Morgan fingerprint density at radius 1 is 0.765 bits per heavy atom. The summed E-state index contributed by atoms with van der Waals surface area (Å²) < 4.78 is 5.10. The summed E-state index contributed by atoms with van der Waals surface area (Å²) in [5, 5.41) is 22.5. The summed E-state index contributed by atoms with van der Waals surface area (Å²) in [6, 6.07) is 8.12. The molecule has 0 unspecified atom stereocenters. The highest BCUT2D eigenvalue weighted by Crippen LogP contribution is 2.41. The van der Waals surface area contributed by atoms with Gasteiger partial charge in [-0.2, -0.15) is 0 Å². The molecule has 4 nitrogen and oxygen atoms in total. The van der Waals surface area contributed by atoms with Crippen LogP contribution in [0.25, 0.3) is 0 Å². The van der Waals surface area contributed by atoms with E-state index in [1.807, 2.05) is 12.1 Å². The quantitative estimate of drug-likeness (QED) is 0.445. The molecular formula is C30H44O4. The fourth-order valence-corrected chi connectivity index (χ4v) is 4.13. The molecule has 0 spiro atoms. The summed E-state index contributed by atoms with van der Waals surface area (Å²) in [7, 11) is 0. The molecule has 0 radical (unpaired) electrons. The third-order valence-electron chi connectivity index (χ3n) is 6.22. The van der Waals surface area contributed by atoms with Crippen LogP contribution in [0.3, 0.4) is 0 Å². The minimum Gasteiger partial charge on any atom is -0.507 e. The lowest BCUT2D eigenvalue weighted by Gasteiger charge is -2.28. The first-order valence-electron chi connectivity index (χ1n) is 12.3. The van der Waals surface area contributed by atoms with Crippen LogP contribution in [-0.2, 0) is 38.6 Å². The van der Waals surface area contributed by atoms with Crippen LogP contribution in [0.5, 0.6) is 11.5 Å². The summed E-state index contributed by atoms with van der Waals surface area (Å²) >= 11 is 0. The third-order valence-corrected chi connectivity index (χ3v) is 6.22. The van der Waals surface area contributed by atoms with Crippen molar-refractivity contribution in [1.29, 1.82) is 0 Å². The van der Waals surface area contributed by atoms with E-state index in [1.165, 1.54) is 0 Å². The van der Waals surface area contributed by atoms with Crippen molar-refractivity contribution in [2.24, 2.45) is 0 Å². The van der Waals surface area contributed by atoms with E-state index >= 15 is 0 Å². The van der Waals surface area contributed by atoms with E-state index in [4.69, 9.17) is 4.74 Å². The second-order valence-corrected chi connectivity index (χ2v) is 12.4. The summed E-state index contributed by atoms with van der Waals surface area (Å²) in [5.74, 6) is 0.319. The zero-order valence-electron chi connectivity index (χ0n) is 22.8. The number of esters is 1. The van der Waals surface area contributed by atoms with E-state index in [0.29, 0.717) is 25.9 Å². The minimum atomic E-state index is -0.273. The van der Waals surface area contributed by atoms with Crippen LogP contribution >= 0.6 is 0 Å². The van der Waals surface area contributed by atoms with E-state index in [9.17, 15) is 15.0 Å². The molecule has 0 heterocycles. The molecule has 2 N–H and O–H groups in total. The van der Waals surface area contributed by atoms with Gasteiger partial charge in [0.2, 0.25) is 0 Å². The fourth-order valence-electron chi connectivity index (χ4n) is 4.13. The van der Waals surface area contributed by atoms with Crippen LogP contribution in [-0.4, -0.2) is 22.8 Å². The molecule has 0 aliphatic rings. The van der Waals surface area contributed by atoms with Gasteiger partial charge in [0.25, 0.3) is 0 Å². The number of phenolic OH excluding ortho intramolecular Hbond substituents is 2. The van der Waals surface area contributed by atoms with E-state index in [2.05, 4.69) is 74.4 Å². The lowest BCUT2D eigenvalue weighted by atomic mass is 9.78. The zero-order valence-corrected chi connectivity index (χ0v) is 22.8. The maximum Gasteiger partial charge on any atom is 0.306 e. The third kappa shape index (κ3) is 6.77. The number of aryl methyl sites for hydroxylation is 1. The van der Waals surface area contributed by atoms with Crippen molar-refractivity contribution in [1.82, 2.24) is 0 Å². The normalized spacial score (nSPS) is 12.6. The van der Waals surface area contributed by atoms with E-state index < -0.39 is 0 Å². The van der Waals surface area contributed by atoms with Crippen LogP contribution in [0.2, 0.25) is 0 Å². The number of carbonyl (C=O) groups excluding carboxylic acids is 1. The molecule has 0 bridgehead atoms. The maximum atomic E-state index is 11.9. The van der Waals surface area contributed by atoms with Crippen molar-refractivity contribution in [3.8, 4) is 11.5 Å². The topological polar surface area (TPSA) is 66.8 Å². The molecule has 0 saturated carbocycles. The van der Waals surface area contributed by atoms with E-state index in [0.717, 1.165) is 33.4 Å². The largest absolute Gasteiger partial charge is 0.507 e. The van der Waals surface area contributed by atoms with Crippen molar-refractivity contribution in [2.45, 2.75) is 105 Å². The number of ether oxygens (including phenoxy) is 1. The molecule has 2 aromatic rings. The second kappa shape index (κ2) is 10.0. The maximum absolute atomic E-state index is 11.9. The van der Waals surface area contributed by atoms with Crippen molar-refractivity contribution >= 4 is 5.97 Å². The minimum absolute atomic E-state index is 0.0808. The van der Waals surface area contributed by atoms with E-state index in [-0.39, 0.29) is 33.7 Å². The predicted molar refractivity (Wildman–Crippen MR) is 140 cm³/mol. The van der Waals surface area contributed by atoms with E-state index in [1.54, 1.807) is 6.92 Å². The van der Waals surface area contributed by atoms with Gasteiger partial charge in [0.1, 0.15) is 11.5 Å². The molecule has 0 atom stereocenters. The van der Waals surface area contributed by atoms with Gasteiger partial charge in [-0.1, -0.05) is 86.6 Å². The first kappa shape index (κ1) is 27.8. The molecule has 188 valence electrons. The molecule has 2 aromatic carbocycles. The Balaban J connectivity index is 2.63. The number of hydrogen-bond acceptors (Lipinski definition) is 4. The predicted octanol–water partition coefficient (Wildman–Crippen LogP) is 7.08. The van der Waals surface area contributed by atoms with Crippen molar-refractivity contribution in [2.75, 3.05) is 6.61 Å². The molecule has 34 heavy (non-hydrogen) atoms. The van der Waals surface area contributed by atoms with Crippen molar-refractivity contribution < 1.29 is 19.7 Å². The zero-order chi connectivity index (χ0) is 26.1. The summed E-state index contributed by atoms with van der Waals surface area (Å²) in [5.41, 5.74) is 4.86. The molecule has 0 aliphatic heterocycles. The van der Waals surface area contributed by atoms with Crippen LogP contribution < -0.4 is 0 Å². The van der Waals surface area contributed by atoms with Gasteiger partial charge in [-0.25, -0.2) is 0 Å². The Bertz CT molecular complexity index is 1030.